The first-order valence-electron chi connectivity index (χ1n) is 6.49. The lowest BCUT2D eigenvalue weighted by Crippen LogP contribution is -2.36. The van der Waals surface area contributed by atoms with E-state index in [0.717, 1.165) is 43.4 Å². The molecule has 1 atom stereocenters. The van der Waals surface area contributed by atoms with Gasteiger partial charge in [0.2, 0.25) is 5.91 Å². The molecule has 1 aliphatic heterocycles. The number of hydrogen-bond acceptors (Lipinski definition) is 3. The Hall–Kier alpha value is -1.88. The second-order valence-corrected chi connectivity index (χ2v) is 5.39. The molecular formula is C14H16N2O3. The minimum Gasteiger partial charge on any atom is -0.356 e. The van der Waals surface area contributed by atoms with Crippen LogP contribution < -0.4 is 10.8 Å². The van der Waals surface area contributed by atoms with Crippen LogP contribution in [0.2, 0.25) is 0 Å². The maximum Gasteiger partial charge on any atom is 0.274 e. The standard InChI is InChI=1S/C14H16N2O3/c17-12(16-19)10-1-2-11-8-14(4-3-9(11)7-10)5-6-15-13(14)18/h1-2,7,19H,3-6,8H2,(H,15,18)(H,16,17)/t14-/m1/s1. The summed E-state index contributed by atoms with van der Waals surface area (Å²) in [6.07, 6.45) is 3.27. The lowest BCUT2D eigenvalue weighted by atomic mass is 9.70. The maximum atomic E-state index is 12.0. The van der Waals surface area contributed by atoms with Crippen LogP contribution in [0.15, 0.2) is 18.2 Å². The summed E-state index contributed by atoms with van der Waals surface area (Å²) < 4.78 is 0. The Morgan fingerprint density at radius 2 is 2.16 bits per heavy atom. The van der Waals surface area contributed by atoms with Gasteiger partial charge in [-0.05, 0) is 48.9 Å². The fourth-order valence-corrected chi connectivity index (χ4v) is 3.19. The van der Waals surface area contributed by atoms with Crippen LogP contribution in [0, 0.1) is 5.41 Å². The number of hydroxylamine groups is 1. The molecule has 5 nitrogen and oxygen atoms in total. The maximum absolute atomic E-state index is 12.0. The van der Waals surface area contributed by atoms with E-state index in [2.05, 4.69) is 5.32 Å². The van der Waals surface area contributed by atoms with E-state index in [1.54, 1.807) is 17.6 Å². The highest BCUT2D eigenvalue weighted by molar-refractivity contribution is 5.93. The van der Waals surface area contributed by atoms with E-state index < -0.39 is 5.91 Å². The predicted molar refractivity (Wildman–Crippen MR) is 67.8 cm³/mol. The summed E-state index contributed by atoms with van der Waals surface area (Å²) in [5.41, 5.74) is 4.09. The van der Waals surface area contributed by atoms with Gasteiger partial charge in [0.05, 0.1) is 5.41 Å². The number of nitrogens with one attached hydrogen (secondary N) is 2. The molecule has 0 aromatic heterocycles. The molecule has 3 rings (SSSR count). The van der Waals surface area contributed by atoms with Crippen LogP contribution in [-0.4, -0.2) is 23.6 Å². The topological polar surface area (TPSA) is 78.4 Å². The second-order valence-electron chi connectivity index (χ2n) is 5.39. The van der Waals surface area contributed by atoms with Crippen molar-refractivity contribution in [2.45, 2.75) is 25.7 Å². The van der Waals surface area contributed by atoms with Gasteiger partial charge in [-0.2, -0.15) is 0 Å². The van der Waals surface area contributed by atoms with Crippen molar-refractivity contribution < 1.29 is 14.8 Å². The normalized spacial score (nSPS) is 25.0. The van der Waals surface area contributed by atoms with Gasteiger partial charge in [-0.1, -0.05) is 6.07 Å². The van der Waals surface area contributed by atoms with Gasteiger partial charge < -0.3 is 5.32 Å². The Balaban J connectivity index is 1.91. The summed E-state index contributed by atoms with van der Waals surface area (Å²) in [6, 6.07) is 5.39. The average molecular weight is 260 g/mol. The molecule has 5 heteroatoms. The summed E-state index contributed by atoms with van der Waals surface area (Å²) in [4.78, 5) is 23.3. The molecule has 3 N–H and O–H groups in total. The summed E-state index contributed by atoms with van der Waals surface area (Å²) in [5, 5.41) is 11.6. The van der Waals surface area contributed by atoms with E-state index in [4.69, 9.17) is 5.21 Å². The van der Waals surface area contributed by atoms with Gasteiger partial charge in [-0.25, -0.2) is 5.48 Å². The van der Waals surface area contributed by atoms with Crippen molar-refractivity contribution in [2.24, 2.45) is 5.41 Å². The fraction of sp³-hybridized carbons (Fsp3) is 0.429. The summed E-state index contributed by atoms with van der Waals surface area (Å²) in [5.74, 6) is -0.336. The molecule has 19 heavy (non-hydrogen) atoms. The molecule has 1 aromatic rings. The Morgan fingerprint density at radius 1 is 1.32 bits per heavy atom. The van der Waals surface area contributed by atoms with Gasteiger partial charge in [-0.15, -0.1) is 0 Å². The first-order valence-corrected chi connectivity index (χ1v) is 6.49. The first kappa shape index (κ1) is 12.2. The third-order valence-electron chi connectivity index (χ3n) is 4.34. The van der Waals surface area contributed by atoms with Gasteiger partial charge in [0.1, 0.15) is 0 Å². The van der Waals surface area contributed by atoms with Crippen LogP contribution in [0.25, 0.3) is 0 Å². The lowest BCUT2D eigenvalue weighted by Gasteiger charge is -2.32. The van der Waals surface area contributed by atoms with Crippen molar-refractivity contribution in [1.29, 1.82) is 0 Å². The number of rotatable bonds is 1. The Bertz CT molecular complexity index is 556. The fourth-order valence-electron chi connectivity index (χ4n) is 3.19. The van der Waals surface area contributed by atoms with E-state index >= 15 is 0 Å². The Morgan fingerprint density at radius 3 is 2.84 bits per heavy atom. The van der Waals surface area contributed by atoms with Gasteiger partial charge in [0.25, 0.3) is 5.91 Å². The van der Waals surface area contributed by atoms with Crippen LogP contribution >= 0.6 is 0 Å². The quantitative estimate of drug-likeness (QED) is 0.516. The molecule has 1 saturated heterocycles. The molecular weight excluding hydrogens is 244 g/mol. The summed E-state index contributed by atoms with van der Waals surface area (Å²) >= 11 is 0. The number of benzene rings is 1. The highest BCUT2D eigenvalue weighted by Crippen LogP contribution is 2.41. The van der Waals surface area contributed by atoms with Crippen LogP contribution in [-0.2, 0) is 17.6 Å². The van der Waals surface area contributed by atoms with E-state index in [1.807, 2.05) is 6.07 Å². The minimum atomic E-state index is -0.498. The van der Waals surface area contributed by atoms with Crippen molar-refractivity contribution in [2.75, 3.05) is 6.54 Å². The third-order valence-corrected chi connectivity index (χ3v) is 4.34. The van der Waals surface area contributed by atoms with Crippen LogP contribution in [0.1, 0.15) is 34.3 Å². The SMILES string of the molecule is O=C(NO)c1ccc2c(c1)CC[C@@]1(CCNC1=O)C2. The second kappa shape index (κ2) is 4.35. The molecule has 2 amide bonds. The largest absolute Gasteiger partial charge is 0.356 e. The number of carbonyl (C=O) groups excluding carboxylic acids is 2. The van der Waals surface area contributed by atoms with E-state index in [0.29, 0.717) is 5.56 Å². The van der Waals surface area contributed by atoms with Crippen molar-refractivity contribution in [3.8, 4) is 0 Å². The van der Waals surface area contributed by atoms with Crippen molar-refractivity contribution in [3.05, 3.63) is 34.9 Å². The zero-order valence-corrected chi connectivity index (χ0v) is 10.5. The van der Waals surface area contributed by atoms with E-state index in [-0.39, 0.29) is 11.3 Å². The Kier molecular flexibility index (Phi) is 2.78. The number of amides is 2. The number of aryl methyl sites for hydroxylation is 1. The molecule has 0 unspecified atom stereocenters. The summed E-state index contributed by atoms with van der Waals surface area (Å²) in [7, 11) is 0. The molecule has 1 heterocycles. The molecule has 0 saturated carbocycles. The smallest absolute Gasteiger partial charge is 0.274 e. The van der Waals surface area contributed by atoms with E-state index in [9.17, 15) is 9.59 Å². The van der Waals surface area contributed by atoms with Gasteiger partial charge in [0.15, 0.2) is 0 Å². The zero-order chi connectivity index (χ0) is 13.5. The van der Waals surface area contributed by atoms with Crippen LogP contribution in [0.4, 0.5) is 0 Å². The van der Waals surface area contributed by atoms with Crippen molar-refractivity contribution in [1.82, 2.24) is 10.8 Å². The molecule has 0 radical (unpaired) electrons. The number of hydrogen-bond donors (Lipinski definition) is 3. The van der Waals surface area contributed by atoms with Crippen LogP contribution in [0.3, 0.4) is 0 Å². The molecule has 1 fully saturated rings. The first-order chi connectivity index (χ1) is 9.14. The number of carbonyl (C=O) groups is 2. The monoisotopic (exact) mass is 260 g/mol. The number of fused-ring (bicyclic) bond motifs is 1. The minimum absolute atomic E-state index is 0.162. The van der Waals surface area contributed by atoms with Gasteiger partial charge in [0, 0.05) is 12.1 Å². The summed E-state index contributed by atoms with van der Waals surface area (Å²) in [6.45, 7) is 0.763. The van der Waals surface area contributed by atoms with Crippen molar-refractivity contribution in [3.63, 3.8) is 0 Å². The highest BCUT2D eigenvalue weighted by atomic mass is 16.5. The molecule has 2 aliphatic rings. The molecule has 1 aliphatic carbocycles. The molecule has 100 valence electrons. The third kappa shape index (κ3) is 1.90. The predicted octanol–water partition coefficient (Wildman–Crippen LogP) is 0.801. The highest BCUT2D eigenvalue weighted by Gasteiger charge is 2.44. The van der Waals surface area contributed by atoms with Gasteiger partial charge >= 0.3 is 0 Å². The average Bonchev–Trinajstić information content (AvgIpc) is 2.78. The Labute approximate surface area is 111 Å². The molecule has 1 spiro atoms. The van der Waals surface area contributed by atoms with Gasteiger partial charge in [-0.3, -0.25) is 14.8 Å². The molecule has 1 aromatic carbocycles. The molecule has 0 bridgehead atoms. The van der Waals surface area contributed by atoms with E-state index in [1.165, 1.54) is 0 Å². The van der Waals surface area contributed by atoms with Crippen LogP contribution in [0.5, 0.6) is 0 Å². The van der Waals surface area contributed by atoms with Crippen molar-refractivity contribution >= 4 is 11.8 Å². The zero-order valence-electron chi connectivity index (χ0n) is 10.5. The lowest BCUT2D eigenvalue weighted by molar-refractivity contribution is -0.128.